The highest BCUT2D eigenvalue weighted by molar-refractivity contribution is 9.10. The molecule has 0 fully saturated rings. The van der Waals surface area contributed by atoms with E-state index in [1.165, 1.54) is 10.4 Å². The smallest absolute Gasteiger partial charge is 0.280 e. The second-order valence-electron chi connectivity index (χ2n) is 3.50. The first-order chi connectivity index (χ1) is 8.22. The van der Waals surface area contributed by atoms with Crippen LogP contribution in [0.25, 0.3) is 0 Å². The molecule has 0 aliphatic rings. The summed E-state index contributed by atoms with van der Waals surface area (Å²) in [4.78, 5) is 12.6. The summed E-state index contributed by atoms with van der Waals surface area (Å²) in [6, 6.07) is 2.13. The Hall–Kier alpha value is -1.14. The van der Waals surface area contributed by atoms with Crippen LogP contribution in [0.3, 0.4) is 0 Å². The lowest BCUT2D eigenvalue weighted by Crippen LogP contribution is -2.12. The van der Waals surface area contributed by atoms with E-state index in [9.17, 15) is 4.79 Å². The Morgan fingerprint density at radius 1 is 1.59 bits per heavy atom. The van der Waals surface area contributed by atoms with Gasteiger partial charge in [-0.15, -0.1) is 11.3 Å². The van der Waals surface area contributed by atoms with E-state index < -0.39 is 0 Å². The predicted molar refractivity (Wildman–Crippen MR) is 73.6 cm³/mol. The van der Waals surface area contributed by atoms with Gasteiger partial charge in [0.15, 0.2) is 0 Å². The summed E-state index contributed by atoms with van der Waals surface area (Å²) in [5.41, 5.74) is 1.83. The van der Waals surface area contributed by atoms with Crippen molar-refractivity contribution in [3.05, 3.63) is 42.9 Å². The minimum atomic E-state index is -0.225. The number of nitrogens with zero attached hydrogens (tertiary/aromatic N) is 1. The van der Waals surface area contributed by atoms with Crippen LogP contribution in [0.4, 0.5) is 5.69 Å². The summed E-state index contributed by atoms with van der Waals surface area (Å²) in [7, 11) is 0. The van der Waals surface area contributed by atoms with E-state index in [1.54, 1.807) is 17.5 Å². The monoisotopic (exact) mass is 313 g/mol. The van der Waals surface area contributed by atoms with Gasteiger partial charge in [-0.1, -0.05) is 6.92 Å². The fraction of sp³-hybridized carbons (Fsp3) is 0.273. The summed E-state index contributed by atoms with van der Waals surface area (Å²) >= 11 is 4.96. The van der Waals surface area contributed by atoms with E-state index in [0.29, 0.717) is 16.7 Å². The molecule has 17 heavy (non-hydrogen) atoms. The SMILES string of the molecule is CCc1ccsc1CNc1cn[nH]c(=O)c1Br. The molecule has 0 radical (unpaired) electrons. The van der Waals surface area contributed by atoms with Crippen LogP contribution in [0.15, 0.2) is 26.9 Å². The summed E-state index contributed by atoms with van der Waals surface area (Å²) in [5.74, 6) is 0. The highest BCUT2D eigenvalue weighted by Crippen LogP contribution is 2.21. The Bertz CT molecular complexity index is 564. The number of halogens is 1. The second-order valence-corrected chi connectivity index (χ2v) is 5.30. The number of hydrogen-bond donors (Lipinski definition) is 2. The number of aryl methyl sites for hydroxylation is 1. The first-order valence-electron chi connectivity index (χ1n) is 5.24. The molecule has 0 saturated carbocycles. The molecule has 0 unspecified atom stereocenters. The Balaban J connectivity index is 2.13. The molecular formula is C11H12BrN3OS. The maximum Gasteiger partial charge on any atom is 0.280 e. The Morgan fingerprint density at radius 2 is 2.41 bits per heavy atom. The minimum absolute atomic E-state index is 0.225. The van der Waals surface area contributed by atoms with Gasteiger partial charge in [0, 0.05) is 11.4 Å². The maximum atomic E-state index is 11.3. The molecule has 0 aliphatic heterocycles. The van der Waals surface area contributed by atoms with Gasteiger partial charge in [0.1, 0.15) is 4.47 Å². The Morgan fingerprint density at radius 3 is 3.18 bits per heavy atom. The molecule has 0 bridgehead atoms. The van der Waals surface area contributed by atoms with E-state index in [0.717, 1.165) is 6.42 Å². The summed E-state index contributed by atoms with van der Waals surface area (Å²) in [6.45, 7) is 2.85. The molecule has 0 aliphatic carbocycles. The van der Waals surface area contributed by atoms with E-state index in [4.69, 9.17) is 0 Å². The van der Waals surface area contributed by atoms with Crippen molar-refractivity contribution in [1.82, 2.24) is 10.2 Å². The second kappa shape index (κ2) is 5.46. The molecule has 2 aromatic rings. The number of H-pyrrole nitrogens is 1. The average molecular weight is 314 g/mol. The molecule has 6 heteroatoms. The molecule has 0 atom stereocenters. The lowest BCUT2D eigenvalue weighted by Gasteiger charge is -2.07. The van der Waals surface area contributed by atoms with E-state index in [-0.39, 0.29) is 5.56 Å². The van der Waals surface area contributed by atoms with Gasteiger partial charge in [0.05, 0.1) is 11.9 Å². The zero-order valence-corrected chi connectivity index (χ0v) is 11.7. The largest absolute Gasteiger partial charge is 0.378 e. The predicted octanol–water partition coefficient (Wildman–Crippen LogP) is 2.77. The molecule has 2 N–H and O–H groups in total. The van der Waals surface area contributed by atoms with Crippen LogP contribution in [0.1, 0.15) is 17.4 Å². The first kappa shape index (κ1) is 12.3. The van der Waals surface area contributed by atoms with Crippen molar-refractivity contribution in [3.8, 4) is 0 Å². The van der Waals surface area contributed by atoms with Gasteiger partial charge in [-0.05, 0) is 39.4 Å². The number of rotatable bonds is 4. The average Bonchev–Trinajstić information content (AvgIpc) is 2.78. The molecular weight excluding hydrogens is 302 g/mol. The van der Waals surface area contributed by atoms with E-state index >= 15 is 0 Å². The van der Waals surface area contributed by atoms with Crippen molar-refractivity contribution >= 4 is 33.0 Å². The highest BCUT2D eigenvalue weighted by atomic mass is 79.9. The van der Waals surface area contributed by atoms with Crippen LogP contribution >= 0.6 is 27.3 Å². The molecule has 4 nitrogen and oxygen atoms in total. The zero-order chi connectivity index (χ0) is 12.3. The van der Waals surface area contributed by atoms with Gasteiger partial charge in [0.2, 0.25) is 0 Å². The maximum absolute atomic E-state index is 11.3. The third-order valence-electron chi connectivity index (χ3n) is 2.45. The van der Waals surface area contributed by atoms with Gasteiger partial charge < -0.3 is 5.32 Å². The third-order valence-corrected chi connectivity index (χ3v) is 4.20. The van der Waals surface area contributed by atoms with Crippen LogP contribution < -0.4 is 10.9 Å². The number of thiophene rings is 1. The van der Waals surface area contributed by atoms with Gasteiger partial charge in [-0.2, -0.15) is 5.10 Å². The van der Waals surface area contributed by atoms with Crippen molar-refractivity contribution in [2.75, 3.05) is 5.32 Å². The van der Waals surface area contributed by atoms with E-state index in [1.807, 2.05) is 0 Å². The number of aromatic amines is 1. The van der Waals surface area contributed by atoms with Gasteiger partial charge in [0.25, 0.3) is 5.56 Å². The van der Waals surface area contributed by atoms with Crippen molar-refractivity contribution in [3.63, 3.8) is 0 Å². The fourth-order valence-corrected chi connectivity index (χ4v) is 2.77. The molecule has 0 saturated heterocycles. The van der Waals surface area contributed by atoms with Gasteiger partial charge >= 0.3 is 0 Å². The van der Waals surface area contributed by atoms with Crippen LogP contribution in [-0.4, -0.2) is 10.2 Å². The van der Waals surface area contributed by atoms with E-state index in [2.05, 4.69) is 49.8 Å². The standard InChI is InChI=1S/C11H12BrN3OS/c1-2-7-3-4-17-9(7)6-13-8-5-14-15-11(16)10(8)12/h3-5H,2,6H2,1H3,(H2,13,15,16). The van der Waals surface area contributed by atoms with Crippen molar-refractivity contribution in [2.45, 2.75) is 19.9 Å². The van der Waals surface area contributed by atoms with Crippen molar-refractivity contribution < 1.29 is 0 Å². The van der Waals surface area contributed by atoms with Gasteiger partial charge in [-0.3, -0.25) is 4.79 Å². The molecule has 90 valence electrons. The lowest BCUT2D eigenvalue weighted by atomic mass is 10.2. The van der Waals surface area contributed by atoms with Crippen LogP contribution in [0.5, 0.6) is 0 Å². The zero-order valence-electron chi connectivity index (χ0n) is 9.29. The quantitative estimate of drug-likeness (QED) is 0.912. The van der Waals surface area contributed by atoms with Crippen LogP contribution in [-0.2, 0) is 13.0 Å². The Labute approximate surface area is 111 Å². The van der Waals surface area contributed by atoms with Crippen molar-refractivity contribution in [1.29, 1.82) is 0 Å². The topological polar surface area (TPSA) is 57.8 Å². The Kier molecular flexibility index (Phi) is 3.96. The summed E-state index contributed by atoms with van der Waals surface area (Å²) in [5, 5.41) is 11.4. The molecule has 0 amide bonds. The fourth-order valence-electron chi connectivity index (χ4n) is 1.52. The lowest BCUT2D eigenvalue weighted by molar-refractivity contribution is 0.970. The molecule has 2 rings (SSSR count). The number of hydrogen-bond acceptors (Lipinski definition) is 4. The third kappa shape index (κ3) is 2.76. The summed E-state index contributed by atoms with van der Waals surface area (Å²) in [6.07, 6.45) is 2.63. The van der Waals surface area contributed by atoms with Crippen LogP contribution in [0, 0.1) is 0 Å². The number of nitrogens with one attached hydrogen (secondary N) is 2. The first-order valence-corrected chi connectivity index (χ1v) is 6.92. The minimum Gasteiger partial charge on any atom is -0.378 e. The number of aromatic nitrogens is 2. The molecule has 0 spiro atoms. The van der Waals surface area contributed by atoms with Crippen molar-refractivity contribution in [2.24, 2.45) is 0 Å². The number of anilines is 1. The van der Waals surface area contributed by atoms with Crippen LogP contribution in [0.2, 0.25) is 0 Å². The highest BCUT2D eigenvalue weighted by Gasteiger charge is 2.06. The summed E-state index contributed by atoms with van der Waals surface area (Å²) < 4.78 is 0.488. The normalized spacial score (nSPS) is 10.5. The molecule has 2 aromatic heterocycles. The molecule has 0 aromatic carbocycles. The molecule has 2 heterocycles. The van der Waals surface area contributed by atoms with Gasteiger partial charge in [-0.25, -0.2) is 5.10 Å².